The minimum absolute atomic E-state index is 0.0393. The van der Waals surface area contributed by atoms with Crippen molar-refractivity contribution >= 4 is 34.4 Å². The highest BCUT2D eigenvalue weighted by Crippen LogP contribution is 2.31. The summed E-state index contributed by atoms with van der Waals surface area (Å²) in [5.41, 5.74) is 10.3. The Morgan fingerprint density at radius 3 is 2.44 bits per heavy atom. The number of amides is 1. The number of hydrogen-bond donors (Lipinski definition) is 1. The molecule has 170 valence electrons. The standard InChI is InChI=1S/C25H33N5O2/c1-6-7-8-9-15-30(20(5)31)19(4)28-25(24-12-10-11-17(2)27-24)18(3)21-13-14-23(29-32)22(26)16-21/h10-14,16H,6-9,15,26H2,1-5H3/b25-18+,28-19?. The Hall–Kier alpha value is -3.35. The highest BCUT2D eigenvalue weighted by atomic mass is 16.3. The number of carbonyl (C=O) groups excluding carboxylic acids is 1. The molecule has 2 N–H and O–H groups in total. The zero-order chi connectivity index (χ0) is 23.7. The van der Waals surface area contributed by atoms with Crippen LogP contribution in [0.25, 0.3) is 11.3 Å². The molecule has 2 rings (SSSR count). The lowest BCUT2D eigenvalue weighted by molar-refractivity contribution is -0.125. The molecule has 7 heteroatoms. The van der Waals surface area contributed by atoms with E-state index in [0.717, 1.165) is 42.5 Å². The van der Waals surface area contributed by atoms with E-state index < -0.39 is 0 Å². The molecule has 0 spiro atoms. The third kappa shape index (κ3) is 6.57. The van der Waals surface area contributed by atoms with Gasteiger partial charge in [0.1, 0.15) is 11.5 Å². The normalized spacial score (nSPS) is 12.3. The molecule has 1 aromatic carbocycles. The van der Waals surface area contributed by atoms with Crippen LogP contribution in [0.4, 0.5) is 11.4 Å². The number of aliphatic imine (C=N–C) groups is 1. The van der Waals surface area contributed by atoms with Crippen LogP contribution in [0, 0.1) is 11.8 Å². The quantitative estimate of drug-likeness (QED) is 0.169. The van der Waals surface area contributed by atoms with Crippen LogP contribution in [0.1, 0.15) is 70.3 Å². The highest BCUT2D eigenvalue weighted by Gasteiger charge is 2.16. The number of aryl methyl sites for hydroxylation is 1. The molecule has 0 aliphatic carbocycles. The van der Waals surface area contributed by atoms with Crippen LogP contribution in [0.15, 0.2) is 46.6 Å². The number of carbonyl (C=O) groups is 1. The van der Waals surface area contributed by atoms with E-state index in [2.05, 4.69) is 17.1 Å². The number of unbranched alkanes of at least 4 members (excludes halogenated alkanes) is 3. The van der Waals surface area contributed by atoms with Crippen molar-refractivity contribution in [2.24, 2.45) is 10.2 Å². The number of amidine groups is 1. The second-order valence-corrected chi connectivity index (χ2v) is 7.89. The molecule has 0 fully saturated rings. The number of nitroso groups, excluding NO2 is 1. The third-order valence-electron chi connectivity index (χ3n) is 5.32. The van der Waals surface area contributed by atoms with Gasteiger partial charge in [-0.05, 0) is 67.8 Å². The van der Waals surface area contributed by atoms with Gasteiger partial charge in [0, 0.05) is 19.2 Å². The maximum atomic E-state index is 12.3. The van der Waals surface area contributed by atoms with Gasteiger partial charge >= 0.3 is 0 Å². The van der Waals surface area contributed by atoms with Crippen LogP contribution in [0.3, 0.4) is 0 Å². The van der Waals surface area contributed by atoms with Crippen molar-refractivity contribution in [1.29, 1.82) is 0 Å². The predicted octanol–water partition coefficient (Wildman–Crippen LogP) is 6.11. The Balaban J connectivity index is 2.55. The van der Waals surface area contributed by atoms with Crippen LogP contribution in [-0.4, -0.2) is 28.2 Å². The molecule has 2 aromatic rings. The van der Waals surface area contributed by atoms with Crippen LogP contribution < -0.4 is 5.73 Å². The van der Waals surface area contributed by atoms with Crippen LogP contribution in [0.5, 0.6) is 0 Å². The summed E-state index contributed by atoms with van der Waals surface area (Å²) in [4.78, 5) is 34.5. The molecule has 0 aliphatic rings. The molecular weight excluding hydrogens is 402 g/mol. The summed E-state index contributed by atoms with van der Waals surface area (Å²) in [5.74, 6) is 0.577. The molecule has 0 atom stereocenters. The molecule has 0 unspecified atom stereocenters. The van der Waals surface area contributed by atoms with Crippen LogP contribution in [-0.2, 0) is 4.79 Å². The van der Waals surface area contributed by atoms with E-state index in [-0.39, 0.29) is 11.6 Å². The molecular formula is C25H33N5O2. The molecule has 0 aliphatic heterocycles. The van der Waals surface area contributed by atoms with E-state index in [1.54, 1.807) is 30.0 Å². The van der Waals surface area contributed by atoms with E-state index in [1.165, 1.54) is 0 Å². The van der Waals surface area contributed by atoms with Gasteiger partial charge in [-0.3, -0.25) is 9.78 Å². The van der Waals surface area contributed by atoms with E-state index in [9.17, 15) is 9.70 Å². The fraction of sp³-hybridized carbons (Fsp3) is 0.400. The third-order valence-corrected chi connectivity index (χ3v) is 5.32. The maximum absolute atomic E-state index is 12.3. The van der Waals surface area contributed by atoms with Crippen molar-refractivity contribution in [2.45, 2.75) is 60.3 Å². The van der Waals surface area contributed by atoms with Crippen molar-refractivity contribution in [3.05, 3.63) is 58.3 Å². The first-order valence-corrected chi connectivity index (χ1v) is 11.0. The smallest absolute Gasteiger partial charge is 0.224 e. The van der Waals surface area contributed by atoms with Gasteiger partial charge in [0.25, 0.3) is 0 Å². The maximum Gasteiger partial charge on any atom is 0.224 e. The van der Waals surface area contributed by atoms with Crippen molar-refractivity contribution in [1.82, 2.24) is 9.88 Å². The summed E-state index contributed by atoms with van der Waals surface area (Å²) >= 11 is 0. The first-order chi connectivity index (χ1) is 15.3. The van der Waals surface area contributed by atoms with Gasteiger partial charge in [0.15, 0.2) is 0 Å². The molecule has 0 saturated heterocycles. The average molecular weight is 436 g/mol. The van der Waals surface area contributed by atoms with Gasteiger partial charge in [-0.1, -0.05) is 38.3 Å². The zero-order valence-electron chi connectivity index (χ0n) is 19.7. The van der Waals surface area contributed by atoms with Crippen LogP contribution >= 0.6 is 0 Å². The molecule has 0 radical (unpaired) electrons. The Bertz CT molecular complexity index is 1030. The largest absolute Gasteiger partial charge is 0.397 e. The number of aromatic nitrogens is 1. The number of rotatable bonds is 9. The lowest BCUT2D eigenvalue weighted by Gasteiger charge is -2.21. The molecule has 0 saturated carbocycles. The zero-order valence-corrected chi connectivity index (χ0v) is 19.7. The van der Waals surface area contributed by atoms with Gasteiger partial charge in [0.05, 0.1) is 17.1 Å². The molecule has 32 heavy (non-hydrogen) atoms. The molecule has 7 nitrogen and oxygen atoms in total. The Morgan fingerprint density at radius 2 is 1.84 bits per heavy atom. The number of benzene rings is 1. The second-order valence-electron chi connectivity index (χ2n) is 7.89. The highest BCUT2D eigenvalue weighted by molar-refractivity contribution is 6.01. The van der Waals surface area contributed by atoms with Crippen molar-refractivity contribution in [2.75, 3.05) is 12.3 Å². The van der Waals surface area contributed by atoms with Crippen molar-refractivity contribution in [3.63, 3.8) is 0 Å². The first-order valence-electron chi connectivity index (χ1n) is 11.0. The van der Waals surface area contributed by atoms with Gasteiger partial charge in [-0.15, -0.1) is 4.91 Å². The summed E-state index contributed by atoms with van der Waals surface area (Å²) in [6, 6.07) is 10.8. The fourth-order valence-corrected chi connectivity index (χ4v) is 3.48. The monoisotopic (exact) mass is 435 g/mol. The summed E-state index contributed by atoms with van der Waals surface area (Å²) in [6.45, 7) is 10.0. The van der Waals surface area contributed by atoms with Crippen molar-refractivity contribution < 1.29 is 4.79 Å². The SMILES string of the molecule is CCCCCCN(C(C)=O)C(C)=N/C(=C(\C)c1ccc(N=O)c(N)c1)c1cccc(C)n1. The summed E-state index contributed by atoms with van der Waals surface area (Å²) < 4.78 is 0. The van der Waals surface area contributed by atoms with Gasteiger partial charge in [-0.25, -0.2) is 4.99 Å². The summed E-state index contributed by atoms with van der Waals surface area (Å²) in [5, 5.41) is 2.94. The molecule has 1 aromatic heterocycles. The topological polar surface area (TPSA) is 101 Å². The number of anilines is 1. The van der Waals surface area contributed by atoms with Crippen LogP contribution in [0.2, 0.25) is 0 Å². The van der Waals surface area contributed by atoms with Crippen molar-refractivity contribution in [3.8, 4) is 0 Å². The lowest BCUT2D eigenvalue weighted by atomic mass is 10.0. The lowest BCUT2D eigenvalue weighted by Crippen LogP contribution is -2.34. The average Bonchev–Trinajstić information content (AvgIpc) is 2.76. The van der Waals surface area contributed by atoms with E-state index in [1.807, 2.05) is 39.0 Å². The number of nitrogens with zero attached hydrogens (tertiary/aromatic N) is 4. The van der Waals surface area contributed by atoms with Gasteiger partial charge < -0.3 is 10.6 Å². The first kappa shape index (κ1) is 24.9. The number of nitrogens with two attached hydrogens (primary N) is 1. The number of pyridine rings is 1. The fourth-order valence-electron chi connectivity index (χ4n) is 3.48. The molecule has 1 amide bonds. The van der Waals surface area contributed by atoms with E-state index in [0.29, 0.717) is 29.5 Å². The predicted molar refractivity (Wildman–Crippen MR) is 132 cm³/mol. The van der Waals surface area contributed by atoms with E-state index >= 15 is 0 Å². The number of hydrogen-bond acceptors (Lipinski definition) is 6. The minimum Gasteiger partial charge on any atom is -0.397 e. The Morgan fingerprint density at radius 1 is 1.09 bits per heavy atom. The molecule has 1 heterocycles. The summed E-state index contributed by atoms with van der Waals surface area (Å²) in [6.07, 6.45) is 4.29. The number of allylic oxidation sites excluding steroid dienone is 1. The number of nitrogen functional groups attached to an aromatic ring is 1. The van der Waals surface area contributed by atoms with Gasteiger partial charge in [-0.2, -0.15) is 0 Å². The summed E-state index contributed by atoms with van der Waals surface area (Å²) in [7, 11) is 0. The minimum atomic E-state index is -0.0393. The Labute approximate surface area is 190 Å². The van der Waals surface area contributed by atoms with Gasteiger partial charge in [0.2, 0.25) is 5.91 Å². The Kier molecular flexibility index (Phi) is 9.25. The second kappa shape index (κ2) is 11.9. The van der Waals surface area contributed by atoms with E-state index in [4.69, 9.17) is 10.7 Å². The molecule has 0 bridgehead atoms.